The highest BCUT2D eigenvalue weighted by atomic mass is 16.1. The summed E-state index contributed by atoms with van der Waals surface area (Å²) in [6.07, 6.45) is 1.20. The molecule has 0 aliphatic carbocycles. The second-order valence-corrected chi connectivity index (χ2v) is 4.26. The van der Waals surface area contributed by atoms with E-state index in [-0.39, 0.29) is 0 Å². The summed E-state index contributed by atoms with van der Waals surface area (Å²) in [5.41, 5.74) is 2.34. The van der Waals surface area contributed by atoms with Crippen LogP contribution in [0.1, 0.15) is 17.5 Å². The number of nitrogens with zero attached hydrogens (tertiary/aromatic N) is 1. The topological polar surface area (TPSA) is 20.3 Å². The predicted molar refractivity (Wildman–Crippen MR) is 63.1 cm³/mol. The van der Waals surface area contributed by atoms with Crippen LogP contribution in [0.2, 0.25) is 0 Å². The Hall–Kier alpha value is -1.15. The zero-order chi connectivity index (χ0) is 11.3. The van der Waals surface area contributed by atoms with E-state index in [1.54, 1.807) is 0 Å². The summed E-state index contributed by atoms with van der Waals surface area (Å²) in [5.74, 6) is 0.314. The molecule has 0 N–H and O–H groups in total. The Balaban J connectivity index is 2.44. The fourth-order valence-electron chi connectivity index (χ4n) is 1.49. The molecule has 0 saturated heterocycles. The molecule has 0 unspecified atom stereocenters. The molecule has 1 aromatic rings. The minimum absolute atomic E-state index is 0.314. The van der Waals surface area contributed by atoms with Crippen LogP contribution in [0.3, 0.4) is 0 Å². The molecule has 0 spiro atoms. The zero-order valence-electron chi connectivity index (χ0n) is 9.79. The molecule has 15 heavy (non-hydrogen) atoms. The van der Waals surface area contributed by atoms with Gasteiger partial charge in [0.1, 0.15) is 5.78 Å². The second-order valence-electron chi connectivity index (χ2n) is 4.26. The van der Waals surface area contributed by atoms with Crippen LogP contribution in [-0.4, -0.2) is 31.3 Å². The number of aryl methyl sites for hydroxylation is 1. The summed E-state index contributed by atoms with van der Waals surface area (Å²) in [6.45, 7) is 2.89. The molecular formula is C13H19NO. The highest BCUT2D eigenvalue weighted by Crippen LogP contribution is 2.06. The molecule has 0 bridgehead atoms. The van der Waals surface area contributed by atoms with Gasteiger partial charge in [-0.3, -0.25) is 4.79 Å². The molecule has 2 nitrogen and oxygen atoms in total. The molecule has 0 aromatic heterocycles. The Morgan fingerprint density at radius 1 is 1.33 bits per heavy atom. The van der Waals surface area contributed by atoms with Crippen molar-refractivity contribution in [2.45, 2.75) is 19.8 Å². The zero-order valence-corrected chi connectivity index (χ0v) is 9.79. The maximum atomic E-state index is 11.6. The van der Waals surface area contributed by atoms with Crippen LogP contribution in [0, 0.1) is 6.92 Å². The van der Waals surface area contributed by atoms with E-state index in [9.17, 15) is 4.79 Å². The van der Waals surface area contributed by atoms with Gasteiger partial charge >= 0.3 is 0 Å². The lowest BCUT2D eigenvalue weighted by atomic mass is 10.0. The van der Waals surface area contributed by atoms with Gasteiger partial charge in [-0.2, -0.15) is 0 Å². The normalized spacial score (nSPS) is 10.7. The van der Waals surface area contributed by atoms with Gasteiger partial charge in [0, 0.05) is 19.4 Å². The first-order valence-electron chi connectivity index (χ1n) is 5.30. The Labute approximate surface area is 91.9 Å². The van der Waals surface area contributed by atoms with Crippen LogP contribution in [-0.2, 0) is 11.2 Å². The van der Waals surface area contributed by atoms with Crippen LogP contribution < -0.4 is 0 Å². The predicted octanol–water partition coefficient (Wildman–Crippen LogP) is 2.06. The molecule has 0 heterocycles. The highest BCUT2D eigenvalue weighted by Gasteiger charge is 2.04. The van der Waals surface area contributed by atoms with Gasteiger partial charge in [0.05, 0.1) is 0 Å². The Kier molecular flexibility index (Phi) is 4.50. The van der Waals surface area contributed by atoms with Crippen molar-refractivity contribution in [3.8, 4) is 0 Å². The first kappa shape index (κ1) is 11.9. The molecule has 1 rings (SSSR count). The summed E-state index contributed by atoms with van der Waals surface area (Å²) in [4.78, 5) is 13.6. The number of rotatable bonds is 5. The third kappa shape index (κ3) is 4.75. The SMILES string of the molecule is Cc1cccc(CC(=O)CCN(C)C)c1. The van der Waals surface area contributed by atoms with Crippen LogP contribution in [0.5, 0.6) is 0 Å². The van der Waals surface area contributed by atoms with Crippen molar-refractivity contribution in [1.29, 1.82) is 0 Å². The molecule has 0 radical (unpaired) electrons. The molecule has 0 saturated carbocycles. The fraction of sp³-hybridized carbons (Fsp3) is 0.462. The van der Waals surface area contributed by atoms with Crippen molar-refractivity contribution in [3.05, 3.63) is 35.4 Å². The monoisotopic (exact) mass is 205 g/mol. The van der Waals surface area contributed by atoms with E-state index >= 15 is 0 Å². The van der Waals surface area contributed by atoms with Gasteiger partial charge < -0.3 is 4.90 Å². The summed E-state index contributed by atoms with van der Waals surface area (Å²) in [5, 5.41) is 0. The van der Waals surface area contributed by atoms with Crippen LogP contribution in [0.4, 0.5) is 0 Å². The van der Waals surface area contributed by atoms with Gasteiger partial charge in [-0.25, -0.2) is 0 Å². The number of ketones is 1. The second kappa shape index (κ2) is 5.66. The van der Waals surface area contributed by atoms with Crippen molar-refractivity contribution in [1.82, 2.24) is 4.90 Å². The van der Waals surface area contributed by atoms with E-state index in [0.717, 1.165) is 12.1 Å². The maximum absolute atomic E-state index is 11.6. The quantitative estimate of drug-likeness (QED) is 0.733. The number of Topliss-reactive ketones (excluding diaryl/α,β-unsaturated/α-hetero) is 1. The van der Waals surface area contributed by atoms with Gasteiger partial charge in [0.15, 0.2) is 0 Å². The first-order chi connectivity index (χ1) is 7.08. The number of hydrogen-bond acceptors (Lipinski definition) is 2. The Morgan fingerprint density at radius 2 is 2.07 bits per heavy atom. The summed E-state index contributed by atoms with van der Waals surface area (Å²) in [6, 6.07) is 8.14. The molecular weight excluding hydrogens is 186 g/mol. The largest absolute Gasteiger partial charge is 0.309 e. The molecule has 0 fully saturated rings. The van der Waals surface area contributed by atoms with Crippen molar-refractivity contribution in [2.75, 3.05) is 20.6 Å². The average Bonchev–Trinajstić information content (AvgIpc) is 2.15. The molecule has 1 aromatic carbocycles. The smallest absolute Gasteiger partial charge is 0.138 e. The molecule has 82 valence electrons. The number of hydrogen-bond donors (Lipinski definition) is 0. The van der Waals surface area contributed by atoms with Crippen LogP contribution in [0.25, 0.3) is 0 Å². The van der Waals surface area contributed by atoms with Crippen molar-refractivity contribution in [3.63, 3.8) is 0 Å². The lowest BCUT2D eigenvalue weighted by molar-refractivity contribution is -0.118. The number of benzene rings is 1. The van der Waals surface area contributed by atoms with Crippen molar-refractivity contribution < 1.29 is 4.79 Å². The third-order valence-electron chi connectivity index (χ3n) is 2.32. The molecule has 0 atom stereocenters. The molecule has 0 aliphatic rings. The number of carbonyl (C=O) groups is 1. The van der Waals surface area contributed by atoms with Gasteiger partial charge in [-0.15, -0.1) is 0 Å². The summed E-state index contributed by atoms with van der Waals surface area (Å²) in [7, 11) is 3.97. The van der Waals surface area contributed by atoms with E-state index < -0.39 is 0 Å². The fourth-order valence-corrected chi connectivity index (χ4v) is 1.49. The molecule has 0 aliphatic heterocycles. The van der Waals surface area contributed by atoms with Gasteiger partial charge in [0.2, 0.25) is 0 Å². The van der Waals surface area contributed by atoms with E-state index in [4.69, 9.17) is 0 Å². The van der Waals surface area contributed by atoms with Crippen LogP contribution >= 0.6 is 0 Å². The molecule has 0 amide bonds. The minimum atomic E-state index is 0.314. The molecule has 2 heteroatoms. The van der Waals surface area contributed by atoms with E-state index in [0.29, 0.717) is 18.6 Å². The van der Waals surface area contributed by atoms with E-state index in [1.807, 2.05) is 44.1 Å². The standard InChI is InChI=1S/C13H19NO/c1-11-5-4-6-12(9-11)10-13(15)7-8-14(2)3/h4-6,9H,7-8,10H2,1-3H3. The minimum Gasteiger partial charge on any atom is -0.309 e. The highest BCUT2D eigenvalue weighted by molar-refractivity contribution is 5.81. The Bertz CT molecular complexity index is 331. The first-order valence-corrected chi connectivity index (χ1v) is 5.30. The van der Waals surface area contributed by atoms with Gasteiger partial charge in [-0.1, -0.05) is 29.8 Å². The average molecular weight is 205 g/mol. The lowest BCUT2D eigenvalue weighted by Crippen LogP contribution is -2.17. The summed E-state index contributed by atoms with van der Waals surface area (Å²) >= 11 is 0. The Morgan fingerprint density at radius 3 is 2.67 bits per heavy atom. The van der Waals surface area contributed by atoms with E-state index in [2.05, 4.69) is 6.07 Å². The van der Waals surface area contributed by atoms with Gasteiger partial charge in [0.25, 0.3) is 0 Å². The summed E-state index contributed by atoms with van der Waals surface area (Å²) < 4.78 is 0. The number of carbonyl (C=O) groups excluding carboxylic acids is 1. The van der Waals surface area contributed by atoms with Crippen molar-refractivity contribution >= 4 is 5.78 Å². The third-order valence-corrected chi connectivity index (χ3v) is 2.32. The van der Waals surface area contributed by atoms with Gasteiger partial charge in [-0.05, 0) is 26.6 Å². The van der Waals surface area contributed by atoms with Crippen molar-refractivity contribution in [2.24, 2.45) is 0 Å². The van der Waals surface area contributed by atoms with E-state index in [1.165, 1.54) is 5.56 Å². The lowest BCUT2D eigenvalue weighted by Gasteiger charge is -2.08. The van der Waals surface area contributed by atoms with Crippen LogP contribution in [0.15, 0.2) is 24.3 Å². The maximum Gasteiger partial charge on any atom is 0.138 e.